The standard InChI is InChI=1S/C13H10FIO/c14-10-5-3-4-9(8-10)13(16)11-6-1-2-7-12(11)15/h1-8,13,16H. The van der Waals surface area contributed by atoms with Gasteiger partial charge in [-0.2, -0.15) is 0 Å². The Morgan fingerprint density at radius 3 is 2.50 bits per heavy atom. The minimum absolute atomic E-state index is 0.331. The van der Waals surface area contributed by atoms with Crippen molar-refractivity contribution in [2.45, 2.75) is 6.10 Å². The summed E-state index contributed by atoms with van der Waals surface area (Å²) in [5.41, 5.74) is 1.37. The van der Waals surface area contributed by atoms with Gasteiger partial charge in [-0.05, 0) is 51.9 Å². The van der Waals surface area contributed by atoms with E-state index in [9.17, 15) is 9.50 Å². The van der Waals surface area contributed by atoms with Crippen LogP contribution in [-0.4, -0.2) is 5.11 Å². The van der Waals surface area contributed by atoms with E-state index in [1.54, 1.807) is 12.1 Å². The molecule has 2 rings (SSSR count). The van der Waals surface area contributed by atoms with Crippen molar-refractivity contribution in [1.29, 1.82) is 0 Å². The molecule has 0 saturated heterocycles. The van der Waals surface area contributed by atoms with Crippen molar-refractivity contribution in [3.05, 3.63) is 69.0 Å². The largest absolute Gasteiger partial charge is 0.384 e. The number of hydrogen-bond donors (Lipinski definition) is 1. The smallest absolute Gasteiger partial charge is 0.123 e. The Labute approximate surface area is 107 Å². The number of hydrogen-bond acceptors (Lipinski definition) is 1. The Morgan fingerprint density at radius 1 is 1.06 bits per heavy atom. The zero-order valence-electron chi connectivity index (χ0n) is 8.40. The molecule has 0 bridgehead atoms. The molecular weight excluding hydrogens is 318 g/mol. The third-order valence-electron chi connectivity index (χ3n) is 2.36. The van der Waals surface area contributed by atoms with E-state index in [0.717, 1.165) is 9.13 Å². The van der Waals surface area contributed by atoms with Crippen molar-refractivity contribution in [3.8, 4) is 0 Å². The Kier molecular flexibility index (Phi) is 3.56. The molecule has 2 aromatic carbocycles. The van der Waals surface area contributed by atoms with Crippen LogP contribution in [-0.2, 0) is 0 Å². The molecule has 0 radical (unpaired) electrons. The average Bonchev–Trinajstić information content (AvgIpc) is 2.29. The predicted molar refractivity (Wildman–Crippen MR) is 69.6 cm³/mol. The predicted octanol–water partition coefficient (Wildman–Crippen LogP) is 3.51. The number of halogens is 2. The highest BCUT2D eigenvalue weighted by Gasteiger charge is 2.13. The summed E-state index contributed by atoms with van der Waals surface area (Å²) < 4.78 is 14.0. The first-order valence-electron chi connectivity index (χ1n) is 4.86. The highest BCUT2D eigenvalue weighted by atomic mass is 127. The number of aliphatic hydroxyl groups is 1. The van der Waals surface area contributed by atoms with Crippen LogP contribution < -0.4 is 0 Å². The summed E-state index contributed by atoms with van der Waals surface area (Å²) >= 11 is 2.16. The summed E-state index contributed by atoms with van der Waals surface area (Å²) in [6, 6.07) is 13.6. The van der Waals surface area contributed by atoms with E-state index in [1.807, 2.05) is 24.3 Å². The van der Waals surface area contributed by atoms with Crippen LogP contribution in [0.25, 0.3) is 0 Å². The summed E-state index contributed by atoms with van der Waals surface area (Å²) in [7, 11) is 0. The molecule has 1 N–H and O–H groups in total. The van der Waals surface area contributed by atoms with Crippen LogP contribution in [0.3, 0.4) is 0 Å². The summed E-state index contributed by atoms with van der Waals surface area (Å²) in [6.07, 6.45) is -0.774. The second-order valence-corrected chi connectivity index (χ2v) is 4.64. The molecule has 2 aromatic rings. The number of rotatable bonds is 2. The third-order valence-corrected chi connectivity index (χ3v) is 3.35. The SMILES string of the molecule is OC(c1cccc(F)c1)c1ccccc1I. The maximum absolute atomic E-state index is 13.0. The van der Waals surface area contributed by atoms with Gasteiger partial charge in [0.1, 0.15) is 11.9 Å². The Hall–Kier alpha value is -0.940. The molecule has 1 atom stereocenters. The van der Waals surface area contributed by atoms with Crippen LogP contribution in [0, 0.1) is 9.39 Å². The normalized spacial score (nSPS) is 12.4. The Balaban J connectivity index is 2.39. The van der Waals surface area contributed by atoms with Crippen molar-refractivity contribution in [2.24, 2.45) is 0 Å². The van der Waals surface area contributed by atoms with Crippen LogP contribution in [0.1, 0.15) is 17.2 Å². The molecule has 0 aliphatic carbocycles. The van der Waals surface area contributed by atoms with Crippen LogP contribution in [0.15, 0.2) is 48.5 Å². The van der Waals surface area contributed by atoms with Crippen LogP contribution in [0.2, 0.25) is 0 Å². The van der Waals surface area contributed by atoms with E-state index in [-0.39, 0.29) is 5.82 Å². The van der Waals surface area contributed by atoms with Gasteiger partial charge in [0.25, 0.3) is 0 Å². The lowest BCUT2D eigenvalue weighted by Crippen LogP contribution is -2.02. The second kappa shape index (κ2) is 4.93. The van der Waals surface area contributed by atoms with E-state index >= 15 is 0 Å². The topological polar surface area (TPSA) is 20.2 Å². The molecule has 0 aromatic heterocycles. The minimum Gasteiger partial charge on any atom is -0.384 e. The van der Waals surface area contributed by atoms with E-state index in [0.29, 0.717) is 5.56 Å². The van der Waals surface area contributed by atoms with Crippen molar-refractivity contribution < 1.29 is 9.50 Å². The van der Waals surface area contributed by atoms with Gasteiger partial charge in [-0.15, -0.1) is 0 Å². The fourth-order valence-corrected chi connectivity index (χ4v) is 2.24. The van der Waals surface area contributed by atoms with Crippen LogP contribution in [0.5, 0.6) is 0 Å². The average molecular weight is 328 g/mol. The lowest BCUT2D eigenvalue weighted by atomic mass is 10.0. The number of benzene rings is 2. The van der Waals surface area contributed by atoms with E-state index in [2.05, 4.69) is 22.6 Å². The highest BCUT2D eigenvalue weighted by molar-refractivity contribution is 14.1. The van der Waals surface area contributed by atoms with Gasteiger partial charge in [0.05, 0.1) is 0 Å². The van der Waals surface area contributed by atoms with Gasteiger partial charge in [0.15, 0.2) is 0 Å². The molecule has 16 heavy (non-hydrogen) atoms. The summed E-state index contributed by atoms with van der Waals surface area (Å²) in [5, 5.41) is 10.1. The molecule has 0 aliphatic rings. The second-order valence-electron chi connectivity index (χ2n) is 3.48. The van der Waals surface area contributed by atoms with Gasteiger partial charge in [-0.3, -0.25) is 0 Å². The van der Waals surface area contributed by atoms with Crippen molar-refractivity contribution in [1.82, 2.24) is 0 Å². The maximum Gasteiger partial charge on any atom is 0.123 e. The molecule has 0 heterocycles. The van der Waals surface area contributed by atoms with Gasteiger partial charge in [-0.25, -0.2) is 4.39 Å². The molecular formula is C13H10FIO. The zero-order chi connectivity index (χ0) is 11.5. The molecule has 3 heteroatoms. The molecule has 0 aliphatic heterocycles. The molecule has 0 fully saturated rings. The fourth-order valence-electron chi connectivity index (χ4n) is 1.55. The molecule has 0 amide bonds. The molecule has 82 valence electrons. The molecule has 0 saturated carbocycles. The Morgan fingerprint density at radius 2 is 1.81 bits per heavy atom. The minimum atomic E-state index is -0.774. The Bertz CT molecular complexity index is 499. The third kappa shape index (κ3) is 2.41. The fraction of sp³-hybridized carbons (Fsp3) is 0.0769. The molecule has 0 spiro atoms. The molecule has 1 unspecified atom stereocenters. The van der Waals surface area contributed by atoms with E-state index in [1.165, 1.54) is 12.1 Å². The highest BCUT2D eigenvalue weighted by Crippen LogP contribution is 2.26. The van der Waals surface area contributed by atoms with Gasteiger partial charge in [0.2, 0.25) is 0 Å². The first-order valence-corrected chi connectivity index (χ1v) is 5.94. The van der Waals surface area contributed by atoms with Crippen LogP contribution >= 0.6 is 22.6 Å². The van der Waals surface area contributed by atoms with Crippen molar-refractivity contribution in [2.75, 3.05) is 0 Å². The van der Waals surface area contributed by atoms with E-state index < -0.39 is 6.10 Å². The monoisotopic (exact) mass is 328 g/mol. The quantitative estimate of drug-likeness (QED) is 0.837. The van der Waals surface area contributed by atoms with Gasteiger partial charge >= 0.3 is 0 Å². The first-order chi connectivity index (χ1) is 7.68. The first kappa shape index (κ1) is 11.5. The number of aliphatic hydroxyl groups excluding tert-OH is 1. The van der Waals surface area contributed by atoms with Crippen molar-refractivity contribution >= 4 is 22.6 Å². The van der Waals surface area contributed by atoms with Gasteiger partial charge in [0, 0.05) is 3.57 Å². The summed E-state index contributed by atoms with van der Waals surface area (Å²) in [6.45, 7) is 0. The lowest BCUT2D eigenvalue weighted by Gasteiger charge is -2.13. The van der Waals surface area contributed by atoms with E-state index in [4.69, 9.17) is 0 Å². The summed E-state index contributed by atoms with van der Waals surface area (Å²) in [4.78, 5) is 0. The molecule has 1 nitrogen and oxygen atoms in total. The maximum atomic E-state index is 13.0. The lowest BCUT2D eigenvalue weighted by molar-refractivity contribution is 0.219. The summed E-state index contributed by atoms with van der Waals surface area (Å²) in [5.74, 6) is -0.331. The van der Waals surface area contributed by atoms with Crippen molar-refractivity contribution in [3.63, 3.8) is 0 Å². The van der Waals surface area contributed by atoms with Gasteiger partial charge < -0.3 is 5.11 Å². The van der Waals surface area contributed by atoms with Gasteiger partial charge in [-0.1, -0.05) is 30.3 Å². The van der Waals surface area contributed by atoms with Crippen LogP contribution in [0.4, 0.5) is 4.39 Å². The zero-order valence-corrected chi connectivity index (χ0v) is 10.6.